The molecule has 29 heavy (non-hydrogen) atoms. The number of rotatable bonds is 3. The summed E-state index contributed by atoms with van der Waals surface area (Å²) in [7, 11) is 0. The predicted octanol–water partition coefficient (Wildman–Crippen LogP) is 3.77. The Balaban J connectivity index is 1.85. The van der Waals surface area contributed by atoms with E-state index in [2.05, 4.69) is 5.32 Å². The van der Waals surface area contributed by atoms with E-state index in [0.717, 1.165) is 15.7 Å². The standard InChI is InChI=1S/C24H20N2O3/c1-15-11-12-17(13-16(15)2)25-22(27)14-26-23(28)20-9-5-3-7-18(20)19-8-4-6-10-21(19)24(26)29/h3-13H,14H2,1-2H3,(H,25,27). The number of aromatic nitrogens is 1. The monoisotopic (exact) mass is 384 g/mol. The first-order chi connectivity index (χ1) is 14.0. The van der Waals surface area contributed by atoms with Gasteiger partial charge >= 0.3 is 0 Å². The summed E-state index contributed by atoms with van der Waals surface area (Å²) in [5, 5.41) is 4.98. The summed E-state index contributed by atoms with van der Waals surface area (Å²) in [6, 6.07) is 19.7. The summed E-state index contributed by atoms with van der Waals surface area (Å²) in [6.45, 7) is 3.60. The molecule has 0 aliphatic carbocycles. The van der Waals surface area contributed by atoms with Crippen LogP contribution in [0.2, 0.25) is 0 Å². The Labute approximate surface area is 167 Å². The van der Waals surface area contributed by atoms with Crippen LogP contribution in [0.1, 0.15) is 11.1 Å². The quantitative estimate of drug-likeness (QED) is 0.585. The van der Waals surface area contributed by atoms with Gasteiger partial charge in [0, 0.05) is 16.5 Å². The number of hydrogen-bond acceptors (Lipinski definition) is 3. The smallest absolute Gasteiger partial charge is 0.261 e. The van der Waals surface area contributed by atoms with Gasteiger partial charge in [0.05, 0.1) is 0 Å². The van der Waals surface area contributed by atoms with Crippen LogP contribution in [-0.4, -0.2) is 10.5 Å². The Bertz CT molecular complexity index is 1310. The fourth-order valence-electron chi connectivity index (χ4n) is 3.50. The SMILES string of the molecule is Cc1ccc(NC(=O)Cn2c(=O)c3ccccc3c3ccccc3c2=O)cc1C. The highest BCUT2D eigenvalue weighted by atomic mass is 16.2. The summed E-state index contributed by atoms with van der Waals surface area (Å²) >= 11 is 0. The highest BCUT2D eigenvalue weighted by Gasteiger charge is 2.13. The fraction of sp³-hybridized carbons (Fsp3) is 0.125. The van der Waals surface area contributed by atoms with Gasteiger partial charge in [-0.3, -0.25) is 19.0 Å². The van der Waals surface area contributed by atoms with Crippen LogP contribution in [0.3, 0.4) is 0 Å². The van der Waals surface area contributed by atoms with Crippen molar-refractivity contribution in [2.45, 2.75) is 20.4 Å². The Morgan fingerprint density at radius 2 is 1.28 bits per heavy atom. The minimum Gasteiger partial charge on any atom is -0.325 e. The van der Waals surface area contributed by atoms with E-state index < -0.39 is 17.0 Å². The highest BCUT2D eigenvalue weighted by Crippen LogP contribution is 2.19. The van der Waals surface area contributed by atoms with Gasteiger partial charge < -0.3 is 5.32 Å². The Morgan fingerprint density at radius 1 is 0.759 bits per heavy atom. The maximum absolute atomic E-state index is 13.1. The molecule has 0 aliphatic heterocycles. The summed E-state index contributed by atoms with van der Waals surface area (Å²) in [5.41, 5.74) is 1.85. The largest absolute Gasteiger partial charge is 0.325 e. The third-order valence-corrected chi connectivity index (χ3v) is 5.19. The normalized spacial score (nSPS) is 11.0. The molecule has 144 valence electrons. The van der Waals surface area contributed by atoms with Crippen LogP contribution in [0.15, 0.2) is 76.3 Å². The van der Waals surface area contributed by atoms with Crippen LogP contribution in [0.5, 0.6) is 0 Å². The number of benzene rings is 3. The number of carbonyl (C=O) groups excluding carboxylic acids is 1. The lowest BCUT2D eigenvalue weighted by atomic mass is 10.1. The van der Waals surface area contributed by atoms with Crippen LogP contribution in [-0.2, 0) is 11.3 Å². The van der Waals surface area contributed by atoms with E-state index in [1.54, 1.807) is 30.3 Å². The zero-order valence-corrected chi connectivity index (χ0v) is 16.2. The molecule has 5 nitrogen and oxygen atoms in total. The molecule has 0 unspecified atom stereocenters. The number of carbonyl (C=O) groups is 1. The van der Waals surface area contributed by atoms with Crippen molar-refractivity contribution in [2.75, 3.05) is 5.32 Å². The number of nitrogens with zero attached hydrogens (tertiary/aromatic N) is 1. The Hall–Kier alpha value is -3.73. The van der Waals surface area contributed by atoms with Crippen molar-refractivity contribution in [1.29, 1.82) is 0 Å². The van der Waals surface area contributed by atoms with Gasteiger partial charge in [-0.1, -0.05) is 42.5 Å². The number of hydrogen-bond donors (Lipinski definition) is 1. The van der Waals surface area contributed by atoms with Crippen LogP contribution in [0.25, 0.3) is 21.5 Å². The molecule has 3 aromatic carbocycles. The van der Waals surface area contributed by atoms with Gasteiger partial charge in [0.25, 0.3) is 11.1 Å². The van der Waals surface area contributed by atoms with E-state index in [-0.39, 0.29) is 6.54 Å². The molecule has 0 atom stereocenters. The van der Waals surface area contributed by atoms with Gasteiger partial charge in [-0.2, -0.15) is 0 Å². The number of amides is 1. The third-order valence-electron chi connectivity index (χ3n) is 5.19. The van der Waals surface area contributed by atoms with E-state index in [4.69, 9.17) is 0 Å². The van der Waals surface area contributed by atoms with Crippen LogP contribution >= 0.6 is 0 Å². The van der Waals surface area contributed by atoms with E-state index >= 15 is 0 Å². The van der Waals surface area contributed by atoms with Gasteiger partial charge in [0.15, 0.2) is 0 Å². The average Bonchev–Trinajstić information content (AvgIpc) is 2.81. The number of fused-ring (bicyclic) bond motifs is 3. The van der Waals surface area contributed by atoms with Gasteiger partial charge in [-0.05, 0) is 60.0 Å². The maximum Gasteiger partial charge on any atom is 0.261 e. The molecule has 0 fully saturated rings. The van der Waals surface area contributed by atoms with Crippen LogP contribution in [0.4, 0.5) is 5.69 Å². The Kier molecular flexibility index (Phi) is 4.72. The van der Waals surface area contributed by atoms with E-state index in [1.165, 1.54) is 0 Å². The second-order valence-electron chi connectivity index (χ2n) is 7.13. The topological polar surface area (TPSA) is 68.2 Å². The van der Waals surface area contributed by atoms with Crippen molar-refractivity contribution in [2.24, 2.45) is 0 Å². The summed E-state index contributed by atoms with van der Waals surface area (Å²) in [6.07, 6.45) is 0. The van der Waals surface area contributed by atoms with Gasteiger partial charge in [-0.15, -0.1) is 0 Å². The maximum atomic E-state index is 13.1. The summed E-state index contributed by atoms with van der Waals surface area (Å²) in [5.74, 6) is -0.424. The third kappa shape index (κ3) is 3.43. The fourth-order valence-corrected chi connectivity index (χ4v) is 3.50. The van der Waals surface area contributed by atoms with Crippen molar-refractivity contribution in [3.8, 4) is 0 Å². The minimum atomic E-state index is -0.475. The molecule has 1 aromatic heterocycles. The molecule has 4 aromatic rings. The first kappa shape index (κ1) is 18.6. The second-order valence-corrected chi connectivity index (χ2v) is 7.13. The molecule has 0 saturated carbocycles. The summed E-state index contributed by atoms with van der Waals surface area (Å²) in [4.78, 5) is 38.9. The average molecular weight is 384 g/mol. The molecule has 0 aliphatic rings. The summed E-state index contributed by atoms with van der Waals surface area (Å²) < 4.78 is 1.01. The lowest BCUT2D eigenvalue weighted by Crippen LogP contribution is -2.35. The van der Waals surface area contributed by atoms with Crippen molar-refractivity contribution >= 4 is 33.1 Å². The molecule has 5 heteroatoms. The molecule has 0 bridgehead atoms. The van der Waals surface area contributed by atoms with Crippen LogP contribution in [0, 0.1) is 13.8 Å². The molecule has 4 rings (SSSR count). The number of anilines is 1. The zero-order valence-electron chi connectivity index (χ0n) is 16.2. The lowest BCUT2D eigenvalue weighted by molar-refractivity contribution is -0.116. The van der Waals surface area contributed by atoms with Crippen molar-refractivity contribution in [3.63, 3.8) is 0 Å². The molecule has 1 heterocycles. The van der Waals surface area contributed by atoms with Crippen LogP contribution < -0.4 is 16.4 Å². The van der Waals surface area contributed by atoms with Crippen molar-refractivity contribution < 1.29 is 4.79 Å². The predicted molar refractivity (Wildman–Crippen MR) is 117 cm³/mol. The molecule has 0 radical (unpaired) electrons. The van der Waals surface area contributed by atoms with E-state index in [9.17, 15) is 14.4 Å². The number of nitrogens with one attached hydrogen (secondary N) is 1. The van der Waals surface area contributed by atoms with Gasteiger partial charge in [-0.25, -0.2) is 0 Å². The minimum absolute atomic E-state index is 0.354. The second kappa shape index (κ2) is 7.36. The van der Waals surface area contributed by atoms with E-state index in [0.29, 0.717) is 27.2 Å². The lowest BCUT2D eigenvalue weighted by Gasteiger charge is -2.08. The first-order valence-electron chi connectivity index (χ1n) is 9.37. The molecular formula is C24H20N2O3. The van der Waals surface area contributed by atoms with Gasteiger partial charge in [0.2, 0.25) is 5.91 Å². The zero-order chi connectivity index (χ0) is 20.5. The van der Waals surface area contributed by atoms with Gasteiger partial charge in [0.1, 0.15) is 6.54 Å². The highest BCUT2D eigenvalue weighted by molar-refractivity contribution is 6.05. The molecular weight excluding hydrogens is 364 g/mol. The first-order valence-corrected chi connectivity index (χ1v) is 9.37. The Morgan fingerprint density at radius 3 is 1.79 bits per heavy atom. The molecule has 0 spiro atoms. The van der Waals surface area contributed by atoms with Crippen molar-refractivity contribution in [3.05, 3.63) is 98.6 Å². The molecule has 1 amide bonds. The van der Waals surface area contributed by atoms with Crippen molar-refractivity contribution in [1.82, 2.24) is 4.57 Å². The number of aryl methyl sites for hydroxylation is 2. The molecule has 0 saturated heterocycles. The molecule has 1 N–H and O–H groups in total. The van der Waals surface area contributed by atoms with E-state index in [1.807, 2.05) is 50.2 Å².